The summed E-state index contributed by atoms with van der Waals surface area (Å²) in [6.07, 6.45) is 1.62. The van der Waals surface area contributed by atoms with Gasteiger partial charge in [-0.05, 0) is 61.9 Å². The van der Waals surface area contributed by atoms with Gasteiger partial charge in [0.15, 0.2) is 0 Å². The molecule has 1 aliphatic heterocycles. The van der Waals surface area contributed by atoms with Crippen LogP contribution in [0.15, 0.2) is 42.5 Å². The minimum atomic E-state index is -0.479. The highest BCUT2D eigenvalue weighted by atomic mass is 16.6. The van der Waals surface area contributed by atoms with Crippen molar-refractivity contribution in [1.29, 1.82) is 0 Å². The molecule has 126 valence electrons. The Morgan fingerprint density at radius 1 is 1.17 bits per heavy atom. The number of hydrogen-bond donors (Lipinski definition) is 0. The highest BCUT2D eigenvalue weighted by Gasteiger charge is 2.30. The molecule has 0 aliphatic carbocycles. The van der Waals surface area contributed by atoms with Crippen molar-refractivity contribution < 1.29 is 9.53 Å². The lowest BCUT2D eigenvalue weighted by molar-refractivity contribution is 0.0584. The van der Waals surface area contributed by atoms with E-state index in [1.165, 1.54) is 22.3 Å². The first kappa shape index (κ1) is 16.6. The van der Waals surface area contributed by atoms with Gasteiger partial charge in [0.05, 0.1) is 5.69 Å². The van der Waals surface area contributed by atoms with Gasteiger partial charge in [0.2, 0.25) is 0 Å². The lowest BCUT2D eigenvalue weighted by Crippen LogP contribution is -2.35. The highest BCUT2D eigenvalue weighted by molar-refractivity contribution is 5.93. The van der Waals surface area contributed by atoms with Crippen molar-refractivity contribution in [2.75, 3.05) is 11.4 Å². The fourth-order valence-electron chi connectivity index (χ4n) is 3.17. The summed E-state index contributed by atoms with van der Waals surface area (Å²) in [5, 5.41) is 0. The monoisotopic (exact) mass is 323 g/mol. The maximum atomic E-state index is 12.5. The third-order valence-corrected chi connectivity index (χ3v) is 4.29. The second-order valence-corrected chi connectivity index (χ2v) is 7.24. The second kappa shape index (κ2) is 6.31. The van der Waals surface area contributed by atoms with Gasteiger partial charge in [-0.3, -0.25) is 4.90 Å². The molecule has 0 N–H and O–H groups in total. The summed E-state index contributed by atoms with van der Waals surface area (Å²) in [6, 6.07) is 14.8. The van der Waals surface area contributed by atoms with Crippen molar-refractivity contribution >= 4 is 11.8 Å². The number of ether oxygens (including phenoxy) is 1. The SMILES string of the molecule is CCc1cccc(-c2cccc3c2CCN3C(=O)OC(C)(C)C)c1. The van der Waals surface area contributed by atoms with E-state index in [2.05, 4.69) is 37.3 Å². The standard InChI is InChI=1S/C21H25NO2/c1-5-15-8-6-9-16(14-15)17-10-7-11-19-18(17)12-13-22(19)20(23)24-21(2,3)4/h6-11,14H,5,12-13H2,1-4H3. The molecule has 0 atom stereocenters. The molecule has 2 aromatic rings. The Bertz CT molecular complexity index is 759. The van der Waals surface area contributed by atoms with Gasteiger partial charge in [0.1, 0.15) is 5.60 Å². The molecule has 0 radical (unpaired) electrons. The minimum Gasteiger partial charge on any atom is -0.443 e. The molecule has 0 bridgehead atoms. The molecular formula is C21H25NO2. The summed E-state index contributed by atoms with van der Waals surface area (Å²) < 4.78 is 5.55. The number of amides is 1. The van der Waals surface area contributed by atoms with E-state index in [0.29, 0.717) is 6.54 Å². The molecular weight excluding hydrogens is 298 g/mol. The number of carbonyl (C=O) groups is 1. The average Bonchev–Trinajstić information content (AvgIpc) is 2.97. The summed E-state index contributed by atoms with van der Waals surface area (Å²) in [7, 11) is 0. The van der Waals surface area contributed by atoms with Gasteiger partial charge in [-0.2, -0.15) is 0 Å². The summed E-state index contributed by atoms with van der Waals surface area (Å²) >= 11 is 0. The van der Waals surface area contributed by atoms with Gasteiger partial charge in [-0.15, -0.1) is 0 Å². The van der Waals surface area contributed by atoms with Crippen LogP contribution < -0.4 is 4.90 Å². The molecule has 3 nitrogen and oxygen atoms in total. The minimum absolute atomic E-state index is 0.263. The van der Waals surface area contributed by atoms with Crippen LogP contribution in [0.4, 0.5) is 10.5 Å². The zero-order valence-corrected chi connectivity index (χ0v) is 14.9. The normalized spacial score (nSPS) is 13.8. The molecule has 0 aromatic heterocycles. The maximum absolute atomic E-state index is 12.5. The molecule has 0 spiro atoms. The van der Waals surface area contributed by atoms with Crippen molar-refractivity contribution in [3.63, 3.8) is 0 Å². The van der Waals surface area contributed by atoms with Crippen molar-refractivity contribution in [1.82, 2.24) is 0 Å². The Hall–Kier alpha value is -2.29. The van der Waals surface area contributed by atoms with Crippen molar-refractivity contribution in [3.8, 4) is 11.1 Å². The van der Waals surface area contributed by atoms with Crippen LogP contribution in [0.5, 0.6) is 0 Å². The van der Waals surface area contributed by atoms with Gasteiger partial charge in [-0.1, -0.05) is 43.3 Å². The fraction of sp³-hybridized carbons (Fsp3) is 0.381. The summed E-state index contributed by atoms with van der Waals surface area (Å²) in [5.41, 5.74) is 5.49. The van der Waals surface area contributed by atoms with Gasteiger partial charge in [-0.25, -0.2) is 4.79 Å². The van der Waals surface area contributed by atoms with Crippen molar-refractivity contribution in [3.05, 3.63) is 53.6 Å². The van der Waals surface area contributed by atoms with Crippen LogP contribution in [0.25, 0.3) is 11.1 Å². The van der Waals surface area contributed by atoms with Gasteiger partial charge in [0.25, 0.3) is 0 Å². The predicted molar refractivity (Wildman–Crippen MR) is 98.5 cm³/mol. The molecule has 24 heavy (non-hydrogen) atoms. The summed E-state index contributed by atoms with van der Waals surface area (Å²) in [4.78, 5) is 14.2. The van der Waals surface area contributed by atoms with Crippen LogP contribution in [0.2, 0.25) is 0 Å². The molecule has 1 amide bonds. The zero-order chi connectivity index (χ0) is 17.3. The smallest absolute Gasteiger partial charge is 0.414 e. The molecule has 1 heterocycles. The number of fused-ring (bicyclic) bond motifs is 1. The van der Waals surface area contributed by atoms with Crippen LogP contribution >= 0.6 is 0 Å². The second-order valence-electron chi connectivity index (χ2n) is 7.24. The van der Waals surface area contributed by atoms with Crippen molar-refractivity contribution in [2.45, 2.75) is 46.1 Å². The zero-order valence-electron chi connectivity index (χ0n) is 14.9. The number of rotatable bonds is 2. The van der Waals surface area contributed by atoms with E-state index in [-0.39, 0.29) is 6.09 Å². The van der Waals surface area contributed by atoms with Crippen molar-refractivity contribution in [2.24, 2.45) is 0 Å². The number of aryl methyl sites for hydroxylation is 1. The Labute approximate surface area is 144 Å². The van der Waals surface area contributed by atoms with E-state index in [1.807, 2.05) is 32.9 Å². The van der Waals surface area contributed by atoms with E-state index in [9.17, 15) is 4.79 Å². The van der Waals surface area contributed by atoms with Crippen LogP contribution in [0, 0.1) is 0 Å². The number of carbonyl (C=O) groups excluding carboxylic acids is 1. The highest BCUT2D eigenvalue weighted by Crippen LogP contribution is 2.37. The maximum Gasteiger partial charge on any atom is 0.414 e. The Morgan fingerprint density at radius 3 is 2.62 bits per heavy atom. The summed E-state index contributed by atoms with van der Waals surface area (Å²) in [6.45, 7) is 8.53. The number of anilines is 1. The third-order valence-electron chi connectivity index (χ3n) is 4.29. The first-order valence-electron chi connectivity index (χ1n) is 8.61. The van der Waals surface area contributed by atoms with E-state index in [1.54, 1.807) is 4.90 Å². The average molecular weight is 323 g/mol. The Morgan fingerprint density at radius 2 is 1.92 bits per heavy atom. The molecule has 3 rings (SSSR count). The Balaban J connectivity index is 1.96. The van der Waals surface area contributed by atoms with Crippen LogP contribution in [0.1, 0.15) is 38.8 Å². The van der Waals surface area contributed by atoms with Crippen LogP contribution in [-0.4, -0.2) is 18.2 Å². The molecule has 0 unspecified atom stereocenters. The van der Waals surface area contributed by atoms with Crippen LogP contribution in [0.3, 0.4) is 0 Å². The number of benzene rings is 2. The predicted octanol–water partition coefficient (Wildman–Crippen LogP) is 5.21. The Kier molecular flexibility index (Phi) is 4.35. The van der Waals surface area contributed by atoms with Gasteiger partial charge in [0, 0.05) is 6.54 Å². The molecule has 2 aromatic carbocycles. The van der Waals surface area contributed by atoms with Crippen LogP contribution in [-0.2, 0) is 17.6 Å². The van der Waals surface area contributed by atoms with E-state index in [0.717, 1.165) is 18.5 Å². The van der Waals surface area contributed by atoms with E-state index >= 15 is 0 Å². The molecule has 3 heteroatoms. The van der Waals surface area contributed by atoms with Gasteiger partial charge < -0.3 is 4.74 Å². The van der Waals surface area contributed by atoms with E-state index in [4.69, 9.17) is 4.74 Å². The summed E-state index contributed by atoms with van der Waals surface area (Å²) in [5.74, 6) is 0. The molecule has 0 saturated carbocycles. The first-order valence-corrected chi connectivity index (χ1v) is 8.61. The topological polar surface area (TPSA) is 29.5 Å². The lowest BCUT2D eigenvalue weighted by Gasteiger charge is -2.25. The molecule has 0 saturated heterocycles. The lowest BCUT2D eigenvalue weighted by atomic mass is 9.96. The number of hydrogen-bond acceptors (Lipinski definition) is 2. The fourth-order valence-corrected chi connectivity index (χ4v) is 3.17. The third kappa shape index (κ3) is 3.30. The first-order chi connectivity index (χ1) is 11.4. The number of nitrogens with zero attached hydrogens (tertiary/aromatic N) is 1. The molecule has 1 aliphatic rings. The largest absolute Gasteiger partial charge is 0.443 e. The molecule has 0 fully saturated rings. The quantitative estimate of drug-likeness (QED) is 0.759. The van der Waals surface area contributed by atoms with Gasteiger partial charge >= 0.3 is 6.09 Å². The van der Waals surface area contributed by atoms with E-state index < -0.39 is 5.60 Å².